The summed E-state index contributed by atoms with van der Waals surface area (Å²) in [5.74, 6) is 0.166. The first kappa shape index (κ1) is 17.8. The monoisotopic (exact) mass is 317 g/mol. The summed E-state index contributed by atoms with van der Waals surface area (Å²) in [6.07, 6.45) is 0.199. The second-order valence-corrected chi connectivity index (χ2v) is 5.47. The van der Waals surface area contributed by atoms with Gasteiger partial charge in [-0.15, -0.1) is 21.5 Å². The quantitative estimate of drug-likeness (QED) is 0.803. The minimum absolute atomic E-state index is 0.105. The van der Waals surface area contributed by atoms with Crippen LogP contribution in [0.15, 0.2) is 23.6 Å². The first-order chi connectivity index (χ1) is 10.6. The molecule has 0 radical (unpaired) electrons. The summed E-state index contributed by atoms with van der Waals surface area (Å²) in [6, 6.07) is 6.77. The summed E-state index contributed by atoms with van der Waals surface area (Å²) >= 11 is 1.64. The molecule has 0 atom stereocenters. The molecule has 0 aromatic carbocycles. The molecule has 0 N–H and O–H groups in total. The van der Waals surface area contributed by atoms with Gasteiger partial charge in [0.25, 0.3) is 0 Å². The van der Waals surface area contributed by atoms with Crippen LogP contribution < -0.4 is 4.74 Å². The van der Waals surface area contributed by atoms with Crippen LogP contribution in [0, 0.1) is 11.3 Å². The lowest BCUT2D eigenvalue weighted by molar-refractivity contribution is -0.133. The summed E-state index contributed by atoms with van der Waals surface area (Å²) in [7, 11) is 0. The maximum Gasteiger partial charge on any atom is 0.317 e. The molecule has 116 valence electrons. The SMILES string of the molecule is CC.CC(C)c1cc(CC(=O)Oc2ccc(C#N)nn2)cs1. The number of hydrogen-bond donors (Lipinski definition) is 0. The Balaban J connectivity index is 0.00000116. The Kier molecular flexibility index (Phi) is 7.20. The van der Waals surface area contributed by atoms with Gasteiger partial charge in [-0.2, -0.15) is 5.26 Å². The van der Waals surface area contributed by atoms with Crippen LogP contribution in [0.4, 0.5) is 0 Å². The van der Waals surface area contributed by atoms with Crippen LogP contribution >= 0.6 is 11.3 Å². The van der Waals surface area contributed by atoms with Gasteiger partial charge in [0.1, 0.15) is 6.07 Å². The molecule has 22 heavy (non-hydrogen) atoms. The smallest absolute Gasteiger partial charge is 0.317 e. The van der Waals surface area contributed by atoms with Gasteiger partial charge in [-0.25, -0.2) is 0 Å². The van der Waals surface area contributed by atoms with Crippen molar-refractivity contribution in [3.05, 3.63) is 39.7 Å². The van der Waals surface area contributed by atoms with E-state index < -0.39 is 5.97 Å². The van der Waals surface area contributed by atoms with E-state index in [1.807, 2.05) is 31.4 Å². The Morgan fingerprint density at radius 3 is 2.59 bits per heavy atom. The van der Waals surface area contributed by atoms with Gasteiger partial charge in [-0.3, -0.25) is 4.79 Å². The Morgan fingerprint density at radius 2 is 2.09 bits per heavy atom. The zero-order valence-corrected chi connectivity index (χ0v) is 14.0. The number of ether oxygens (including phenoxy) is 1. The van der Waals surface area contributed by atoms with E-state index in [0.717, 1.165) is 5.56 Å². The predicted octanol–water partition coefficient (Wildman–Crippen LogP) is 3.71. The fraction of sp³-hybridized carbons (Fsp3) is 0.375. The number of carbonyl (C=O) groups excluding carboxylic acids is 1. The molecule has 2 rings (SSSR count). The van der Waals surface area contributed by atoms with E-state index >= 15 is 0 Å². The van der Waals surface area contributed by atoms with Crippen LogP contribution in [0.2, 0.25) is 0 Å². The van der Waals surface area contributed by atoms with Crippen LogP contribution in [0.3, 0.4) is 0 Å². The third-order valence-electron chi connectivity index (χ3n) is 2.56. The average Bonchev–Trinajstić information content (AvgIpc) is 2.98. The van der Waals surface area contributed by atoms with Crippen LogP contribution in [-0.4, -0.2) is 16.2 Å². The van der Waals surface area contributed by atoms with Crippen molar-refractivity contribution >= 4 is 17.3 Å². The van der Waals surface area contributed by atoms with Gasteiger partial charge < -0.3 is 4.74 Å². The van der Waals surface area contributed by atoms with Crippen molar-refractivity contribution in [3.8, 4) is 11.9 Å². The maximum atomic E-state index is 11.8. The molecule has 0 fully saturated rings. The van der Waals surface area contributed by atoms with Gasteiger partial charge in [0.2, 0.25) is 5.88 Å². The molecule has 0 saturated carbocycles. The first-order valence-corrected chi connectivity index (χ1v) is 7.98. The van der Waals surface area contributed by atoms with Crippen molar-refractivity contribution in [3.63, 3.8) is 0 Å². The van der Waals surface area contributed by atoms with Gasteiger partial charge in [0, 0.05) is 10.9 Å². The van der Waals surface area contributed by atoms with Crippen LogP contribution in [0.1, 0.15) is 49.7 Å². The average molecular weight is 317 g/mol. The minimum atomic E-state index is -0.392. The highest BCUT2D eigenvalue weighted by atomic mass is 32.1. The lowest BCUT2D eigenvalue weighted by Gasteiger charge is -2.01. The number of hydrogen-bond acceptors (Lipinski definition) is 6. The van der Waals surface area contributed by atoms with Gasteiger partial charge in [-0.05, 0) is 29.0 Å². The summed E-state index contributed by atoms with van der Waals surface area (Å²) in [4.78, 5) is 13.0. The molecule has 0 bridgehead atoms. The topological polar surface area (TPSA) is 75.9 Å². The van der Waals surface area contributed by atoms with Gasteiger partial charge in [0.15, 0.2) is 5.69 Å². The Hall–Kier alpha value is -2.26. The molecule has 0 aliphatic carbocycles. The molecule has 0 spiro atoms. The largest absolute Gasteiger partial charge is 0.406 e. The summed E-state index contributed by atoms with van der Waals surface area (Å²) in [5.41, 5.74) is 1.12. The molecular weight excluding hydrogens is 298 g/mol. The fourth-order valence-corrected chi connectivity index (χ4v) is 2.47. The molecule has 2 aromatic heterocycles. The lowest BCUT2D eigenvalue weighted by Crippen LogP contribution is -2.12. The number of thiophene rings is 1. The zero-order chi connectivity index (χ0) is 16.5. The number of esters is 1. The van der Waals surface area contributed by atoms with Crippen molar-refractivity contribution in [2.24, 2.45) is 0 Å². The van der Waals surface area contributed by atoms with Crippen molar-refractivity contribution in [2.75, 3.05) is 0 Å². The van der Waals surface area contributed by atoms with Gasteiger partial charge in [-0.1, -0.05) is 27.7 Å². The molecule has 0 unspecified atom stereocenters. The number of nitrogens with zero attached hydrogens (tertiary/aromatic N) is 3. The third-order valence-corrected chi connectivity index (χ3v) is 3.85. The maximum absolute atomic E-state index is 11.8. The number of carbonyl (C=O) groups is 1. The first-order valence-electron chi connectivity index (χ1n) is 7.10. The van der Waals surface area contributed by atoms with Crippen molar-refractivity contribution < 1.29 is 9.53 Å². The minimum Gasteiger partial charge on any atom is -0.406 e. The normalized spacial score (nSPS) is 9.64. The number of nitriles is 1. The van der Waals surface area contributed by atoms with Crippen molar-refractivity contribution in [1.82, 2.24) is 10.2 Å². The molecule has 0 saturated heterocycles. The number of rotatable bonds is 4. The molecule has 5 nitrogen and oxygen atoms in total. The van der Waals surface area contributed by atoms with E-state index in [0.29, 0.717) is 5.92 Å². The Labute approximate surface area is 134 Å². The zero-order valence-electron chi connectivity index (χ0n) is 13.2. The standard InChI is InChI=1S/C14H13N3O2S.C2H6/c1-9(2)12-5-10(8-20-12)6-14(18)19-13-4-3-11(7-15)16-17-13;1-2/h3-5,8-9H,6H2,1-2H3;1-2H3. The van der Waals surface area contributed by atoms with E-state index in [9.17, 15) is 4.79 Å². The summed E-state index contributed by atoms with van der Waals surface area (Å²) in [6.45, 7) is 8.22. The third kappa shape index (κ3) is 5.26. The lowest BCUT2D eigenvalue weighted by atomic mass is 10.1. The molecule has 2 aromatic rings. The second kappa shape index (κ2) is 8.90. The van der Waals surface area contributed by atoms with Crippen molar-refractivity contribution in [1.29, 1.82) is 5.26 Å². The van der Waals surface area contributed by atoms with E-state index in [2.05, 4.69) is 24.0 Å². The van der Waals surface area contributed by atoms with E-state index in [4.69, 9.17) is 10.00 Å². The summed E-state index contributed by atoms with van der Waals surface area (Å²) in [5, 5.41) is 17.8. The number of aromatic nitrogens is 2. The fourth-order valence-electron chi connectivity index (χ4n) is 1.54. The van der Waals surface area contributed by atoms with Gasteiger partial charge >= 0.3 is 5.97 Å². The van der Waals surface area contributed by atoms with Crippen LogP contribution in [-0.2, 0) is 11.2 Å². The van der Waals surface area contributed by atoms with Crippen LogP contribution in [0.25, 0.3) is 0 Å². The highest BCUT2D eigenvalue weighted by molar-refractivity contribution is 7.10. The second-order valence-electron chi connectivity index (χ2n) is 4.53. The van der Waals surface area contributed by atoms with Crippen LogP contribution in [0.5, 0.6) is 5.88 Å². The van der Waals surface area contributed by atoms with Crippen molar-refractivity contribution in [2.45, 2.75) is 40.0 Å². The highest BCUT2D eigenvalue weighted by Crippen LogP contribution is 2.23. The van der Waals surface area contributed by atoms with E-state index in [1.165, 1.54) is 17.0 Å². The summed E-state index contributed by atoms with van der Waals surface area (Å²) < 4.78 is 5.07. The Bertz CT molecular complexity index is 642. The van der Waals surface area contributed by atoms with E-state index in [-0.39, 0.29) is 18.0 Å². The molecule has 2 heterocycles. The highest BCUT2D eigenvalue weighted by Gasteiger charge is 2.11. The molecule has 0 amide bonds. The van der Waals surface area contributed by atoms with E-state index in [1.54, 1.807) is 11.3 Å². The predicted molar refractivity (Wildman–Crippen MR) is 85.8 cm³/mol. The molecule has 0 aliphatic heterocycles. The molecule has 6 heteroatoms. The van der Waals surface area contributed by atoms with Gasteiger partial charge in [0.05, 0.1) is 6.42 Å². The molecule has 0 aliphatic rings. The molecular formula is C16H19N3O2S. The Morgan fingerprint density at radius 1 is 1.36 bits per heavy atom.